The number of carbonyl (C=O) groups excluding carboxylic acids is 5. The first-order valence-corrected chi connectivity index (χ1v) is 13.1. The summed E-state index contributed by atoms with van der Waals surface area (Å²) in [5, 5.41) is 2.86. The summed E-state index contributed by atoms with van der Waals surface area (Å²) >= 11 is 0. The first kappa shape index (κ1) is 29.9. The van der Waals surface area contributed by atoms with Crippen molar-refractivity contribution in [2.45, 2.75) is 38.5 Å². The van der Waals surface area contributed by atoms with E-state index in [4.69, 9.17) is 19.0 Å². The fourth-order valence-corrected chi connectivity index (χ4v) is 4.02. The van der Waals surface area contributed by atoms with Crippen molar-refractivity contribution in [3.8, 4) is 0 Å². The van der Waals surface area contributed by atoms with Crippen molar-refractivity contribution in [1.82, 2.24) is 10.4 Å². The van der Waals surface area contributed by atoms with Crippen molar-refractivity contribution in [3.63, 3.8) is 0 Å². The number of nitrogens with one attached hydrogen (secondary N) is 1. The average molecular weight is 575 g/mol. The minimum absolute atomic E-state index is 0.145. The molecule has 0 fully saturated rings. The van der Waals surface area contributed by atoms with Crippen LogP contribution in [0.2, 0.25) is 0 Å². The van der Waals surface area contributed by atoms with Crippen LogP contribution in [0.3, 0.4) is 0 Å². The summed E-state index contributed by atoms with van der Waals surface area (Å²) in [4.78, 5) is 68.4. The zero-order chi connectivity index (χ0) is 30.3. The van der Waals surface area contributed by atoms with Gasteiger partial charge < -0.3 is 19.5 Å². The van der Waals surface area contributed by atoms with E-state index in [9.17, 15) is 24.0 Å². The largest absolute Gasteiger partial charge is 0.461 e. The zero-order valence-corrected chi connectivity index (χ0v) is 23.3. The second-order valence-electron chi connectivity index (χ2n) is 10.2. The molecule has 1 atom stereocenters. The summed E-state index contributed by atoms with van der Waals surface area (Å²) in [5.41, 5.74) is 0.781. The lowest BCUT2D eigenvalue weighted by atomic mass is 10.0. The van der Waals surface area contributed by atoms with E-state index in [2.05, 4.69) is 5.32 Å². The number of hydroxylamine groups is 2. The summed E-state index contributed by atoms with van der Waals surface area (Å²) in [6.45, 7) is 3.50. The number of fused-ring (bicyclic) bond motifs is 1. The molecule has 1 aliphatic heterocycles. The number of imide groups is 1. The predicted octanol–water partition coefficient (Wildman–Crippen LogP) is 3.98. The Labute approximate surface area is 242 Å². The lowest BCUT2D eigenvalue weighted by molar-refractivity contribution is -0.164. The van der Waals surface area contributed by atoms with Crippen LogP contribution in [0.5, 0.6) is 0 Å². The van der Waals surface area contributed by atoms with Crippen molar-refractivity contribution in [2.75, 3.05) is 13.2 Å². The third-order valence-corrected chi connectivity index (χ3v) is 5.89. The van der Waals surface area contributed by atoms with Crippen molar-refractivity contribution >= 4 is 29.8 Å². The number of carbonyl (C=O) groups is 5. The monoisotopic (exact) mass is 574 g/mol. The molecule has 3 aromatic rings. The number of rotatable bonds is 10. The molecule has 0 radical (unpaired) electrons. The lowest BCUT2D eigenvalue weighted by Crippen LogP contribution is -2.47. The molecule has 1 heterocycles. The number of hydrogen-bond acceptors (Lipinski definition) is 9. The van der Waals surface area contributed by atoms with E-state index in [0.717, 1.165) is 0 Å². The SMILES string of the molecule is CC(C)(C)OC(=O)NC(COC(=O)CON1C(=O)c2ccccc2C1=O)C(=O)OC(c1ccccc1)c1ccccc1. The van der Waals surface area contributed by atoms with Gasteiger partial charge in [0.05, 0.1) is 11.1 Å². The molecule has 4 rings (SSSR count). The van der Waals surface area contributed by atoms with Crippen LogP contribution in [0.25, 0.3) is 0 Å². The number of alkyl carbamates (subject to hydrolysis) is 1. The summed E-state index contributed by atoms with van der Waals surface area (Å²) in [7, 11) is 0. The van der Waals surface area contributed by atoms with Crippen molar-refractivity contribution < 1.29 is 43.0 Å². The molecule has 218 valence electrons. The number of amides is 3. The highest BCUT2D eigenvalue weighted by Crippen LogP contribution is 2.27. The highest BCUT2D eigenvalue weighted by atomic mass is 16.7. The van der Waals surface area contributed by atoms with Gasteiger partial charge in [-0.1, -0.05) is 72.8 Å². The van der Waals surface area contributed by atoms with Gasteiger partial charge in [-0.05, 0) is 44.0 Å². The number of ether oxygens (including phenoxy) is 3. The molecule has 0 saturated heterocycles. The van der Waals surface area contributed by atoms with E-state index in [0.29, 0.717) is 16.2 Å². The molecular formula is C31H30N2O9. The Hall–Kier alpha value is -5.03. The molecule has 0 aliphatic carbocycles. The second-order valence-corrected chi connectivity index (χ2v) is 10.2. The third kappa shape index (κ3) is 7.58. The number of benzene rings is 3. The van der Waals surface area contributed by atoms with Crippen LogP contribution in [0, 0.1) is 0 Å². The van der Waals surface area contributed by atoms with Gasteiger partial charge in [0.15, 0.2) is 18.8 Å². The van der Waals surface area contributed by atoms with Crippen LogP contribution >= 0.6 is 0 Å². The van der Waals surface area contributed by atoms with Crippen LogP contribution in [-0.2, 0) is 28.6 Å². The highest BCUT2D eigenvalue weighted by Gasteiger charge is 2.37. The van der Waals surface area contributed by atoms with E-state index in [1.165, 1.54) is 12.1 Å². The molecule has 3 aromatic carbocycles. The lowest BCUT2D eigenvalue weighted by Gasteiger charge is -2.25. The van der Waals surface area contributed by atoms with Gasteiger partial charge in [0.25, 0.3) is 11.8 Å². The molecule has 1 aliphatic rings. The second kappa shape index (κ2) is 13.1. The molecule has 0 spiro atoms. The fourth-order valence-electron chi connectivity index (χ4n) is 4.02. The molecule has 0 saturated carbocycles. The number of nitrogens with zero attached hydrogens (tertiary/aromatic N) is 1. The molecule has 1 unspecified atom stereocenters. The van der Waals surface area contributed by atoms with E-state index >= 15 is 0 Å². The minimum Gasteiger partial charge on any atom is -0.461 e. The van der Waals surface area contributed by atoms with Gasteiger partial charge in [-0.15, -0.1) is 5.06 Å². The Bertz CT molecular complexity index is 1380. The summed E-state index contributed by atoms with van der Waals surface area (Å²) in [6.07, 6.45) is -1.76. The van der Waals surface area contributed by atoms with Crippen LogP contribution in [0.4, 0.5) is 4.79 Å². The van der Waals surface area contributed by atoms with Crippen LogP contribution in [0.15, 0.2) is 84.9 Å². The normalized spacial score (nSPS) is 13.4. The minimum atomic E-state index is -1.46. The Kier molecular flexibility index (Phi) is 9.33. The van der Waals surface area contributed by atoms with Crippen LogP contribution in [-0.4, -0.2) is 59.8 Å². The van der Waals surface area contributed by atoms with Gasteiger partial charge in [0, 0.05) is 0 Å². The van der Waals surface area contributed by atoms with Gasteiger partial charge in [0.2, 0.25) is 0 Å². The number of hydrogen-bond donors (Lipinski definition) is 1. The average Bonchev–Trinajstić information content (AvgIpc) is 3.21. The maximum atomic E-state index is 13.4. The van der Waals surface area contributed by atoms with Gasteiger partial charge >= 0.3 is 18.0 Å². The maximum absolute atomic E-state index is 13.4. The Morgan fingerprint density at radius 1 is 0.786 bits per heavy atom. The van der Waals surface area contributed by atoms with Crippen LogP contribution in [0.1, 0.15) is 58.7 Å². The molecule has 11 nitrogen and oxygen atoms in total. The molecule has 0 aromatic heterocycles. The fraction of sp³-hybridized carbons (Fsp3) is 0.258. The Balaban J connectivity index is 1.44. The predicted molar refractivity (Wildman–Crippen MR) is 148 cm³/mol. The van der Waals surface area contributed by atoms with E-state index < -0.39 is 60.8 Å². The van der Waals surface area contributed by atoms with Crippen molar-refractivity contribution in [1.29, 1.82) is 0 Å². The number of esters is 2. The summed E-state index contributed by atoms with van der Waals surface area (Å²) in [6, 6.07) is 22.7. The molecule has 3 amide bonds. The molecule has 11 heteroatoms. The summed E-state index contributed by atoms with van der Waals surface area (Å²) in [5.74, 6) is -3.33. The van der Waals surface area contributed by atoms with Crippen molar-refractivity contribution in [3.05, 3.63) is 107 Å². The van der Waals surface area contributed by atoms with Gasteiger partial charge in [-0.3, -0.25) is 14.4 Å². The standard InChI is InChI=1S/C31H30N2O9/c1-31(2,3)42-30(38)32-24(29(37)41-26(20-12-6-4-7-13-20)21-14-8-5-9-15-21)18-39-25(34)19-40-33-27(35)22-16-10-11-17-23(22)28(33)36/h4-17,24,26H,18-19H2,1-3H3,(H,32,38). The molecular weight excluding hydrogens is 544 g/mol. The van der Waals surface area contributed by atoms with Crippen LogP contribution < -0.4 is 5.32 Å². The first-order valence-electron chi connectivity index (χ1n) is 13.1. The first-order chi connectivity index (χ1) is 20.0. The van der Waals surface area contributed by atoms with Crippen molar-refractivity contribution in [2.24, 2.45) is 0 Å². The van der Waals surface area contributed by atoms with E-state index in [1.807, 2.05) is 12.1 Å². The van der Waals surface area contributed by atoms with E-state index in [-0.39, 0.29) is 11.1 Å². The molecule has 42 heavy (non-hydrogen) atoms. The smallest absolute Gasteiger partial charge is 0.408 e. The van der Waals surface area contributed by atoms with E-state index in [1.54, 1.807) is 81.4 Å². The Morgan fingerprint density at radius 2 is 1.29 bits per heavy atom. The topological polar surface area (TPSA) is 138 Å². The Morgan fingerprint density at radius 3 is 1.79 bits per heavy atom. The third-order valence-electron chi connectivity index (χ3n) is 5.89. The molecule has 0 bridgehead atoms. The van der Waals surface area contributed by atoms with Gasteiger partial charge in [0.1, 0.15) is 12.2 Å². The zero-order valence-electron chi connectivity index (χ0n) is 23.3. The quantitative estimate of drug-likeness (QED) is 0.216. The highest BCUT2D eigenvalue weighted by molar-refractivity contribution is 6.20. The van der Waals surface area contributed by atoms with Gasteiger partial charge in [-0.2, -0.15) is 0 Å². The molecule has 1 N–H and O–H groups in total. The maximum Gasteiger partial charge on any atom is 0.408 e. The van der Waals surface area contributed by atoms with Gasteiger partial charge in [-0.25, -0.2) is 14.4 Å². The summed E-state index contributed by atoms with van der Waals surface area (Å²) < 4.78 is 16.3.